The van der Waals surface area contributed by atoms with Gasteiger partial charge in [0.25, 0.3) is 0 Å². The maximum atomic E-state index is 12.3. The predicted molar refractivity (Wildman–Crippen MR) is 99.7 cm³/mol. The standard InChI is InChI=1S/C17H21N3O2S.ClH/c1-11-10-23-17(19-11)13-2-4-14(5-3-13)20-16(21)15(18)12-6-8-22-9-7-12;/h2-5,10,12,15H,6-9,18H2,1H3,(H,20,21);1H. The lowest BCUT2D eigenvalue weighted by atomic mass is 9.92. The summed E-state index contributed by atoms with van der Waals surface area (Å²) in [6.07, 6.45) is 1.69. The molecule has 1 aliphatic rings. The highest BCUT2D eigenvalue weighted by Gasteiger charge is 2.26. The number of hydrogen-bond donors (Lipinski definition) is 2. The number of thiazole rings is 1. The van der Waals surface area contributed by atoms with Crippen LogP contribution in [0.2, 0.25) is 0 Å². The third-order valence-corrected chi connectivity index (χ3v) is 5.10. The van der Waals surface area contributed by atoms with Crippen molar-refractivity contribution in [2.75, 3.05) is 18.5 Å². The molecular formula is C17H22ClN3O2S. The van der Waals surface area contributed by atoms with E-state index in [1.807, 2.05) is 36.6 Å². The Labute approximate surface area is 152 Å². The minimum Gasteiger partial charge on any atom is -0.381 e. The molecule has 1 aromatic carbocycles. The predicted octanol–water partition coefficient (Wildman–Crippen LogP) is 3.23. The van der Waals surface area contributed by atoms with Gasteiger partial charge in [0.1, 0.15) is 5.01 Å². The summed E-state index contributed by atoms with van der Waals surface area (Å²) in [5.74, 6) is 0.0658. The number of aryl methyl sites for hydroxylation is 1. The van der Waals surface area contributed by atoms with Gasteiger partial charge in [-0.15, -0.1) is 23.7 Å². The number of benzene rings is 1. The maximum Gasteiger partial charge on any atom is 0.241 e. The number of rotatable bonds is 4. The number of nitrogens with one attached hydrogen (secondary N) is 1. The van der Waals surface area contributed by atoms with Gasteiger partial charge in [-0.2, -0.15) is 0 Å². The van der Waals surface area contributed by atoms with Crippen LogP contribution in [-0.2, 0) is 9.53 Å². The molecule has 1 amide bonds. The first-order chi connectivity index (χ1) is 11.1. The summed E-state index contributed by atoms with van der Waals surface area (Å²) in [6, 6.07) is 7.23. The zero-order valence-electron chi connectivity index (χ0n) is 13.5. The van der Waals surface area contributed by atoms with E-state index in [1.54, 1.807) is 11.3 Å². The zero-order valence-corrected chi connectivity index (χ0v) is 15.2. The highest BCUT2D eigenvalue weighted by molar-refractivity contribution is 7.13. The number of carbonyl (C=O) groups excluding carboxylic acids is 1. The summed E-state index contributed by atoms with van der Waals surface area (Å²) in [6.45, 7) is 3.35. The number of ether oxygens (including phenoxy) is 1. The Morgan fingerprint density at radius 1 is 1.33 bits per heavy atom. The second kappa shape index (κ2) is 8.58. The van der Waals surface area contributed by atoms with E-state index in [2.05, 4.69) is 10.3 Å². The molecular weight excluding hydrogens is 346 g/mol. The third kappa shape index (κ3) is 4.54. The van der Waals surface area contributed by atoms with Crippen molar-refractivity contribution >= 4 is 35.3 Å². The Bertz CT molecular complexity index is 669. The van der Waals surface area contributed by atoms with Crippen LogP contribution in [0.15, 0.2) is 29.6 Å². The van der Waals surface area contributed by atoms with E-state index >= 15 is 0 Å². The molecule has 0 saturated carbocycles. The fraction of sp³-hybridized carbons (Fsp3) is 0.412. The summed E-state index contributed by atoms with van der Waals surface area (Å²) in [5, 5.41) is 5.91. The number of carbonyl (C=O) groups is 1. The maximum absolute atomic E-state index is 12.3. The molecule has 1 atom stereocenters. The molecule has 130 valence electrons. The zero-order chi connectivity index (χ0) is 16.2. The SMILES string of the molecule is Cc1csc(-c2ccc(NC(=O)C(N)C3CCOCC3)cc2)n1.Cl. The minimum absolute atomic E-state index is 0. The van der Waals surface area contributed by atoms with Gasteiger partial charge >= 0.3 is 0 Å². The second-order valence-corrected chi connectivity index (χ2v) is 6.69. The first-order valence-corrected chi connectivity index (χ1v) is 8.68. The molecule has 1 saturated heterocycles. The van der Waals surface area contributed by atoms with Crippen LogP contribution >= 0.6 is 23.7 Å². The van der Waals surface area contributed by atoms with Gasteiger partial charge in [-0.3, -0.25) is 4.79 Å². The van der Waals surface area contributed by atoms with E-state index in [0.717, 1.165) is 34.8 Å². The van der Waals surface area contributed by atoms with Crippen LogP contribution in [-0.4, -0.2) is 30.1 Å². The second-order valence-electron chi connectivity index (χ2n) is 5.84. The molecule has 2 aromatic rings. The molecule has 2 heterocycles. The molecule has 1 aromatic heterocycles. The van der Waals surface area contributed by atoms with E-state index in [1.165, 1.54) is 0 Å². The van der Waals surface area contributed by atoms with Gasteiger partial charge in [0, 0.05) is 35.5 Å². The molecule has 1 fully saturated rings. The van der Waals surface area contributed by atoms with Gasteiger partial charge in [-0.25, -0.2) is 4.98 Å². The smallest absolute Gasteiger partial charge is 0.241 e. The Balaban J connectivity index is 0.00000208. The molecule has 5 nitrogen and oxygen atoms in total. The van der Waals surface area contributed by atoms with E-state index in [9.17, 15) is 4.79 Å². The minimum atomic E-state index is -0.486. The summed E-state index contributed by atoms with van der Waals surface area (Å²) in [5.41, 5.74) is 8.92. The van der Waals surface area contributed by atoms with Crippen molar-refractivity contribution in [2.24, 2.45) is 11.7 Å². The van der Waals surface area contributed by atoms with Crippen LogP contribution in [0.5, 0.6) is 0 Å². The van der Waals surface area contributed by atoms with Crippen molar-refractivity contribution < 1.29 is 9.53 Å². The van der Waals surface area contributed by atoms with Crippen molar-refractivity contribution in [3.05, 3.63) is 35.3 Å². The molecule has 0 aliphatic carbocycles. The van der Waals surface area contributed by atoms with Gasteiger partial charge in [0.15, 0.2) is 0 Å². The first kappa shape index (κ1) is 18.9. The number of aromatic nitrogens is 1. The number of anilines is 1. The number of amides is 1. The van der Waals surface area contributed by atoms with Crippen molar-refractivity contribution in [1.29, 1.82) is 0 Å². The number of nitrogens with two attached hydrogens (primary N) is 1. The molecule has 3 rings (SSSR count). The Kier molecular flexibility index (Phi) is 6.74. The van der Waals surface area contributed by atoms with E-state index < -0.39 is 6.04 Å². The van der Waals surface area contributed by atoms with Crippen molar-refractivity contribution in [3.63, 3.8) is 0 Å². The van der Waals surface area contributed by atoms with Crippen LogP contribution in [0, 0.1) is 12.8 Å². The lowest BCUT2D eigenvalue weighted by Gasteiger charge is -2.26. The fourth-order valence-corrected chi connectivity index (χ4v) is 3.50. The Hall–Kier alpha value is -1.47. The van der Waals surface area contributed by atoms with Gasteiger partial charge in [-0.1, -0.05) is 0 Å². The van der Waals surface area contributed by atoms with E-state index in [0.29, 0.717) is 13.2 Å². The lowest BCUT2D eigenvalue weighted by Crippen LogP contribution is -2.43. The monoisotopic (exact) mass is 367 g/mol. The molecule has 7 heteroatoms. The molecule has 0 bridgehead atoms. The molecule has 0 radical (unpaired) electrons. The topological polar surface area (TPSA) is 77.2 Å². The molecule has 3 N–H and O–H groups in total. The molecule has 0 spiro atoms. The first-order valence-electron chi connectivity index (χ1n) is 7.80. The van der Waals surface area contributed by atoms with Gasteiger partial charge in [0.2, 0.25) is 5.91 Å². The molecule has 1 unspecified atom stereocenters. The quantitative estimate of drug-likeness (QED) is 0.869. The van der Waals surface area contributed by atoms with Crippen LogP contribution in [0.1, 0.15) is 18.5 Å². The highest BCUT2D eigenvalue weighted by Crippen LogP contribution is 2.25. The summed E-state index contributed by atoms with van der Waals surface area (Å²) >= 11 is 1.62. The Morgan fingerprint density at radius 2 is 2.00 bits per heavy atom. The molecule has 1 aliphatic heterocycles. The Morgan fingerprint density at radius 3 is 2.58 bits per heavy atom. The fourth-order valence-electron chi connectivity index (χ4n) is 2.70. The largest absolute Gasteiger partial charge is 0.381 e. The van der Waals surface area contributed by atoms with E-state index in [-0.39, 0.29) is 24.2 Å². The lowest BCUT2D eigenvalue weighted by molar-refractivity contribution is -0.119. The number of halogens is 1. The average molecular weight is 368 g/mol. The third-order valence-electron chi connectivity index (χ3n) is 4.09. The van der Waals surface area contributed by atoms with Gasteiger partial charge in [0.05, 0.1) is 6.04 Å². The van der Waals surface area contributed by atoms with Crippen molar-refractivity contribution in [2.45, 2.75) is 25.8 Å². The van der Waals surface area contributed by atoms with Crippen LogP contribution in [0.25, 0.3) is 10.6 Å². The van der Waals surface area contributed by atoms with Crippen molar-refractivity contribution in [3.8, 4) is 10.6 Å². The van der Waals surface area contributed by atoms with Gasteiger partial charge < -0.3 is 15.8 Å². The van der Waals surface area contributed by atoms with E-state index in [4.69, 9.17) is 10.5 Å². The van der Waals surface area contributed by atoms with Crippen LogP contribution in [0.3, 0.4) is 0 Å². The van der Waals surface area contributed by atoms with Crippen LogP contribution in [0.4, 0.5) is 5.69 Å². The summed E-state index contributed by atoms with van der Waals surface area (Å²) in [4.78, 5) is 16.7. The normalized spacial score (nSPS) is 16.2. The summed E-state index contributed by atoms with van der Waals surface area (Å²) in [7, 11) is 0. The summed E-state index contributed by atoms with van der Waals surface area (Å²) < 4.78 is 5.31. The van der Waals surface area contributed by atoms with Crippen molar-refractivity contribution in [1.82, 2.24) is 4.98 Å². The van der Waals surface area contributed by atoms with Gasteiger partial charge in [-0.05, 0) is 49.9 Å². The highest BCUT2D eigenvalue weighted by atomic mass is 35.5. The van der Waals surface area contributed by atoms with Crippen LogP contribution < -0.4 is 11.1 Å². The number of hydrogen-bond acceptors (Lipinski definition) is 5. The number of nitrogens with zero attached hydrogens (tertiary/aromatic N) is 1. The molecule has 24 heavy (non-hydrogen) atoms. The average Bonchev–Trinajstić information content (AvgIpc) is 3.02.